The average molecular weight is 325 g/mol. The largest absolute Gasteiger partial charge is 0.337 e. The molecule has 0 unspecified atom stereocenters. The van der Waals surface area contributed by atoms with Crippen molar-refractivity contribution in [2.45, 2.75) is 13.5 Å². The Balaban J connectivity index is 2.09. The normalized spacial score (nSPS) is 10.4. The van der Waals surface area contributed by atoms with Gasteiger partial charge in [0, 0.05) is 26.0 Å². The Bertz CT molecular complexity index is 534. The minimum absolute atomic E-state index is 0.0395. The molecule has 18 heavy (non-hydrogen) atoms. The van der Waals surface area contributed by atoms with Gasteiger partial charge < -0.3 is 4.90 Å². The third-order valence-electron chi connectivity index (χ3n) is 2.56. The second-order valence-electron chi connectivity index (χ2n) is 4.09. The zero-order chi connectivity index (χ0) is 13.1. The molecule has 0 aliphatic heterocycles. The van der Waals surface area contributed by atoms with Gasteiger partial charge in [0.2, 0.25) is 0 Å². The van der Waals surface area contributed by atoms with Crippen molar-refractivity contribution in [1.29, 1.82) is 0 Å². The first-order chi connectivity index (χ1) is 8.58. The van der Waals surface area contributed by atoms with E-state index in [2.05, 4.69) is 20.9 Å². The van der Waals surface area contributed by atoms with Crippen LogP contribution in [0.2, 0.25) is 0 Å². The lowest BCUT2D eigenvalue weighted by Crippen LogP contribution is -2.25. The standard InChI is InChI=1S/C13H13BrN2OS/c1-9-6-11(18-12(9)14)13(17)16(2)8-10-4-3-5-15-7-10/h3-7H,8H2,1-2H3. The Morgan fingerprint density at radius 1 is 1.56 bits per heavy atom. The molecule has 2 aromatic heterocycles. The highest BCUT2D eigenvalue weighted by molar-refractivity contribution is 9.11. The number of rotatable bonds is 3. The van der Waals surface area contributed by atoms with Crippen molar-refractivity contribution >= 4 is 33.2 Å². The van der Waals surface area contributed by atoms with Gasteiger partial charge >= 0.3 is 0 Å². The van der Waals surface area contributed by atoms with Crippen LogP contribution in [0.15, 0.2) is 34.4 Å². The Morgan fingerprint density at radius 3 is 2.89 bits per heavy atom. The summed E-state index contributed by atoms with van der Waals surface area (Å²) in [4.78, 5) is 18.7. The van der Waals surface area contributed by atoms with Gasteiger partial charge in [-0.1, -0.05) is 6.07 Å². The minimum Gasteiger partial charge on any atom is -0.337 e. The van der Waals surface area contributed by atoms with Crippen LogP contribution in [-0.4, -0.2) is 22.8 Å². The molecule has 2 heterocycles. The Kier molecular flexibility index (Phi) is 4.14. The molecule has 0 bridgehead atoms. The molecule has 0 radical (unpaired) electrons. The predicted octanol–water partition coefficient (Wildman–Crippen LogP) is 3.49. The fourth-order valence-corrected chi connectivity index (χ4v) is 3.12. The van der Waals surface area contributed by atoms with Crippen LogP contribution in [0.3, 0.4) is 0 Å². The third-order valence-corrected chi connectivity index (χ3v) is 4.68. The van der Waals surface area contributed by atoms with Gasteiger partial charge in [0.1, 0.15) is 0 Å². The second kappa shape index (κ2) is 5.63. The van der Waals surface area contributed by atoms with Crippen molar-refractivity contribution < 1.29 is 4.79 Å². The molecule has 2 rings (SSSR count). The van der Waals surface area contributed by atoms with E-state index in [1.165, 1.54) is 11.3 Å². The number of nitrogens with zero attached hydrogens (tertiary/aromatic N) is 2. The van der Waals surface area contributed by atoms with E-state index in [0.29, 0.717) is 6.54 Å². The molecule has 0 N–H and O–H groups in total. The van der Waals surface area contributed by atoms with E-state index in [1.807, 2.05) is 25.1 Å². The molecule has 0 aromatic carbocycles. The molecule has 3 nitrogen and oxygen atoms in total. The molecule has 0 spiro atoms. The number of hydrogen-bond acceptors (Lipinski definition) is 3. The van der Waals surface area contributed by atoms with Crippen LogP contribution in [0.1, 0.15) is 20.8 Å². The van der Waals surface area contributed by atoms with Gasteiger partial charge in [-0.15, -0.1) is 11.3 Å². The zero-order valence-corrected chi connectivity index (χ0v) is 12.6. The van der Waals surface area contributed by atoms with Crippen LogP contribution in [-0.2, 0) is 6.54 Å². The molecule has 5 heteroatoms. The summed E-state index contributed by atoms with van der Waals surface area (Å²) in [7, 11) is 1.80. The number of aromatic nitrogens is 1. The van der Waals surface area contributed by atoms with Crippen LogP contribution in [0.4, 0.5) is 0 Å². The van der Waals surface area contributed by atoms with Gasteiger partial charge in [0.25, 0.3) is 5.91 Å². The first-order valence-electron chi connectivity index (χ1n) is 5.48. The lowest BCUT2D eigenvalue weighted by Gasteiger charge is -2.15. The summed E-state index contributed by atoms with van der Waals surface area (Å²) in [6.07, 6.45) is 3.50. The van der Waals surface area contributed by atoms with Crippen molar-refractivity contribution in [3.05, 3.63) is 50.4 Å². The summed E-state index contributed by atoms with van der Waals surface area (Å²) < 4.78 is 1.01. The number of carbonyl (C=O) groups excluding carboxylic acids is 1. The van der Waals surface area contributed by atoms with Gasteiger partial charge in [0.15, 0.2) is 0 Å². The van der Waals surface area contributed by atoms with Gasteiger partial charge in [0.05, 0.1) is 8.66 Å². The smallest absolute Gasteiger partial charge is 0.264 e. The van der Waals surface area contributed by atoms with Crippen molar-refractivity contribution in [3.63, 3.8) is 0 Å². The molecule has 94 valence electrons. The van der Waals surface area contributed by atoms with Crippen LogP contribution in [0, 0.1) is 6.92 Å². The fourth-order valence-electron chi connectivity index (χ4n) is 1.59. The van der Waals surface area contributed by atoms with Gasteiger partial charge in [-0.2, -0.15) is 0 Å². The highest BCUT2D eigenvalue weighted by atomic mass is 79.9. The van der Waals surface area contributed by atoms with Crippen molar-refractivity contribution in [2.75, 3.05) is 7.05 Å². The topological polar surface area (TPSA) is 33.2 Å². The molecule has 0 aliphatic rings. The molecule has 0 fully saturated rings. The van der Waals surface area contributed by atoms with Gasteiger partial charge in [-0.25, -0.2) is 0 Å². The number of carbonyl (C=O) groups is 1. The lowest BCUT2D eigenvalue weighted by molar-refractivity contribution is 0.0789. The van der Waals surface area contributed by atoms with Crippen molar-refractivity contribution in [3.8, 4) is 0 Å². The number of hydrogen-bond donors (Lipinski definition) is 0. The summed E-state index contributed by atoms with van der Waals surface area (Å²) in [5.74, 6) is 0.0395. The molecule has 0 atom stereocenters. The lowest BCUT2D eigenvalue weighted by atomic mass is 10.2. The molecule has 1 amide bonds. The first kappa shape index (κ1) is 13.2. The van der Waals surface area contributed by atoms with Crippen LogP contribution < -0.4 is 0 Å². The molecule has 0 saturated heterocycles. The number of amides is 1. The van der Waals surface area contributed by atoms with E-state index < -0.39 is 0 Å². The van der Waals surface area contributed by atoms with E-state index >= 15 is 0 Å². The SMILES string of the molecule is Cc1cc(C(=O)N(C)Cc2cccnc2)sc1Br. The summed E-state index contributed by atoms with van der Waals surface area (Å²) in [6.45, 7) is 2.56. The van der Waals surface area contributed by atoms with E-state index in [1.54, 1.807) is 24.3 Å². The van der Waals surface area contributed by atoms with E-state index in [9.17, 15) is 4.79 Å². The fraction of sp³-hybridized carbons (Fsp3) is 0.231. The predicted molar refractivity (Wildman–Crippen MR) is 76.8 cm³/mol. The maximum Gasteiger partial charge on any atom is 0.264 e. The first-order valence-corrected chi connectivity index (χ1v) is 7.09. The second-order valence-corrected chi connectivity index (χ2v) is 6.46. The molecular weight excluding hydrogens is 312 g/mol. The number of aryl methyl sites for hydroxylation is 1. The highest BCUT2D eigenvalue weighted by Crippen LogP contribution is 2.28. The maximum absolute atomic E-state index is 12.2. The van der Waals surface area contributed by atoms with Crippen LogP contribution >= 0.6 is 27.3 Å². The molecular formula is C13H13BrN2OS. The average Bonchev–Trinajstić information content (AvgIpc) is 2.70. The summed E-state index contributed by atoms with van der Waals surface area (Å²) >= 11 is 4.91. The molecule has 2 aromatic rings. The van der Waals surface area contributed by atoms with Crippen molar-refractivity contribution in [2.24, 2.45) is 0 Å². The van der Waals surface area contributed by atoms with E-state index in [-0.39, 0.29) is 5.91 Å². The van der Waals surface area contributed by atoms with Crippen LogP contribution in [0.25, 0.3) is 0 Å². The van der Waals surface area contributed by atoms with Gasteiger partial charge in [-0.05, 0) is 46.1 Å². The number of thiophene rings is 1. The van der Waals surface area contributed by atoms with E-state index in [4.69, 9.17) is 0 Å². The van der Waals surface area contributed by atoms with E-state index in [0.717, 1.165) is 19.8 Å². The number of halogens is 1. The monoisotopic (exact) mass is 324 g/mol. The quantitative estimate of drug-likeness (QED) is 0.865. The summed E-state index contributed by atoms with van der Waals surface area (Å²) in [5, 5.41) is 0. The van der Waals surface area contributed by atoms with Crippen molar-refractivity contribution in [1.82, 2.24) is 9.88 Å². The Hall–Kier alpha value is -1.20. The maximum atomic E-state index is 12.2. The molecule has 0 saturated carbocycles. The zero-order valence-electron chi connectivity index (χ0n) is 10.2. The molecule has 0 aliphatic carbocycles. The third kappa shape index (κ3) is 2.97. The minimum atomic E-state index is 0.0395. The van der Waals surface area contributed by atoms with Gasteiger partial charge in [-0.3, -0.25) is 9.78 Å². The Labute approximate surface area is 119 Å². The summed E-state index contributed by atoms with van der Waals surface area (Å²) in [5.41, 5.74) is 2.12. The Morgan fingerprint density at radius 2 is 2.33 bits per heavy atom. The highest BCUT2D eigenvalue weighted by Gasteiger charge is 2.15. The van der Waals surface area contributed by atoms with Crippen LogP contribution in [0.5, 0.6) is 0 Å². The summed E-state index contributed by atoms with van der Waals surface area (Å²) in [6, 6.07) is 5.75. The number of pyridine rings is 1.